The van der Waals surface area contributed by atoms with Crippen molar-refractivity contribution < 1.29 is 4.74 Å². The van der Waals surface area contributed by atoms with Crippen LogP contribution in [0.1, 0.15) is 11.4 Å². The lowest BCUT2D eigenvalue weighted by Crippen LogP contribution is -1.98. The number of hydrogen-bond acceptors (Lipinski definition) is 5. The van der Waals surface area contributed by atoms with Crippen LogP contribution in [0.2, 0.25) is 0 Å². The molecule has 90 valence electrons. The Hall–Kier alpha value is -2.61. The first-order valence-electron chi connectivity index (χ1n) is 5.42. The van der Waals surface area contributed by atoms with Crippen molar-refractivity contribution in [3.63, 3.8) is 0 Å². The standard InChI is InChI=1S/C13H12N4O/c1-9-16-12(15-2)7-13(17-9)18-11-5-3-4-10(6-11)8-14/h3-7H,1-2H3,(H,15,16,17). The van der Waals surface area contributed by atoms with E-state index in [1.807, 2.05) is 0 Å². The smallest absolute Gasteiger partial charge is 0.224 e. The summed E-state index contributed by atoms with van der Waals surface area (Å²) in [4.78, 5) is 8.35. The number of nitrogens with one attached hydrogen (secondary N) is 1. The van der Waals surface area contributed by atoms with Gasteiger partial charge in [-0.3, -0.25) is 0 Å². The van der Waals surface area contributed by atoms with E-state index in [1.165, 1.54) is 0 Å². The minimum Gasteiger partial charge on any atom is -0.439 e. The van der Waals surface area contributed by atoms with Crippen molar-refractivity contribution in [3.8, 4) is 17.7 Å². The zero-order valence-electron chi connectivity index (χ0n) is 10.1. The van der Waals surface area contributed by atoms with Gasteiger partial charge in [0.25, 0.3) is 0 Å². The number of anilines is 1. The molecule has 18 heavy (non-hydrogen) atoms. The molecule has 2 rings (SSSR count). The zero-order chi connectivity index (χ0) is 13.0. The molecule has 2 aromatic rings. The third-order valence-corrected chi connectivity index (χ3v) is 2.26. The molecule has 0 saturated heterocycles. The van der Waals surface area contributed by atoms with E-state index < -0.39 is 0 Å². The summed E-state index contributed by atoms with van der Waals surface area (Å²) in [5.41, 5.74) is 0.548. The summed E-state index contributed by atoms with van der Waals surface area (Å²) in [6, 6.07) is 10.7. The van der Waals surface area contributed by atoms with Gasteiger partial charge in [-0.15, -0.1) is 0 Å². The maximum Gasteiger partial charge on any atom is 0.224 e. The van der Waals surface area contributed by atoms with E-state index in [0.717, 1.165) is 0 Å². The average Bonchev–Trinajstić information content (AvgIpc) is 2.38. The highest BCUT2D eigenvalue weighted by Gasteiger charge is 2.03. The van der Waals surface area contributed by atoms with Crippen molar-refractivity contribution in [2.45, 2.75) is 6.92 Å². The molecule has 0 amide bonds. The van der Waals surface area contributed by atoms with Crippen LogP contribution in [-0.4, -0.2) is 17.0 Å². The van der Waals surface area contributed by atoms with Crippen molar-refractivity contribution in [3.05, 3.63) is 41.7 Å². The first kappa shape index (κ1) is 11.9. The second-order valence-corrected chi connectivity index (χ2v) is 3.63. The number of rotatable bonds is 3. The Bertz CT molecular complexity index is 604. The van der Waals surface area contributed by atoms with Crippen LogP contribution < -0.4 is 10.1 Å². The van der Waals surface area contributed by atoms with Gasteiger partial charge < -0.3 is 10.1 Å². The van der Waals surface area contributed by atoms with Crippen LogP contribution >= 0.6 is 0 Å². The van der Waals surface area contributed by atoms with E-state index in [9.17, 15) is 0 Å². The summed E-state index contributed by atoms with van der Waals surface area (Å²) in [6.07, 6.45) is 0. The molecule has 1 heterocycles. The third-order valence-electron chi connectivity index (χ3n) is 2.26. The molecule has 0 saturated carbocycles. The van der Waals surface area contributed by atoms with Crippen molar-refractivity contribution >= 4 is 5.82 Å². The van der Waals surface area contributed by atoms with E-state index in [-0.39, 0.29) is 0 Å². The fourth-order valence-electron chi connectivity index (χ4n) is 1.47. The van der Waals surface area contributed by atoms with E-state index in [0.29, 0.717) is 28.8 Å². The van der Waals surface area contributed by atoms with Crippen LogP contribution in [0.4, 0.5) is 5.82 Å². The van der Waals surface area contributed by atoms with Gasteiger partial charge in [0.1, 0.15) is 17.4 Å². The molecule has 0 aliphatic rings. The number of aromatic nitrogens is 2. The molecule has 1 aromatic heterocycles. The SMILES string of the molecule is CNc1cc(Oc2cccc(C#N)c2)nc(C)n1. The zero-order valence-corrected chi connectivity index (χ0v) is 10.1. The minimum absolute atomic E-state index is 0.446. The molecule has 0 fully saturated rings. The van der Waals surface area contributed by atoms with Gasteiger partial charge in [0, 0.05) is 13.1 Å². The predicted molar refractivity (Wildman–Crippen MR) is 67.5 cm³/mol. The number of hydrogen-bond donors (Lipinski definition) is 1. The van der Waals surface area contributed by atoms with E-state index >= 15 is 0 Å². The average molecular weight is 240 g/mol. The molecule has 1 aromatic carbocycles. The molecule has 5 heteroatoms. The van der Waals surface area contributed by atoms with Crippen LogP contribution in [0.15, 0.2) is 30.3 Å². The van der Waals surface area contributed by atoms with E-state index in [4.69, 9.17) is 10.00 Å². The number of benzene rings is 1. The largest absolute Gasteiger partial charge is 0.439 e. The Balaban J connectivity index is 2.28. The maximum absolute atomic E-state index is 8.81. The first-order chi connectivity index (χ1) is 8.71. The lowest BCUT2D eigenvalue weighted by Gasteiger charge is -2.07. The number of nitriles is 1. The number of ether oxygens (including phenoxy) is 1. The van der Waals surface area contributed by atoms with E-state index in [2.05, 4.69) is 21.4 Å². The van der Waals surface area contributed by atoms with Crippen molar-refractivity contribution in [2.24, 2.45) is 0 Å². The van der Waals surface area contributed by atoms with Crippen molar-refractivity contribution in [2.75, 3.05) is 12.4 Å². The number of nitrogens with zero attached hydrogens (tertiary/aromatic N) is 3. The third kappa shape index (κ3) is 2.74. The predicted octanol–water partition coefficient (Wildman–Crippen LogP) is 2.49. The molecule has 0 atom stereocenters. The molecule has 0 unspecified atom stereocenters. The van der Waals surface area contributed by atoms with Gasteiger partial charge in [-0.25, -0.2) is 4.98 Å². The Kier molecular flexibility index (Phi) is 3.39. The van der Waals surface area contributed by atoms with Crippen LogP contribution in [0.25, 0.3) is 0 Å². The highest BCUT2D eigenvalue weighted by molar-refractivity contribution is 5.41. The van der Waals surface area contributed by atoms with Gasteiger partial charge in [-0.2, -0.15) is 10.2 Å². The van der Waals surface area contributed by atoms with E-state index in [1.54, 1.807) is 44.3 Å². The molecule has 5 nitrogen and oxygen atoms in total. The van der Waals surface area contributed by atoms with Crippen molar-refractivity contribution in [1.29, 1.82) is 5.26 Å². The van der Waals surface area contributed by atoms with Crippen LogP contribution in [0, 0.1) is 18.3 Å². The van der Waals surface area contributed by atoms with Crippen molar-refractivity contribution in [1.82, 2.24) is 9.97 Å². The Labute approximate surface area is 105 Å². The fraction of sp³-hybridized carbons (Fsp3) is 0.154. The molecule has 0 aliphatic carbocycles. The second-order valence-electron chi connectivity index (χ2n) is 3.63. The van der Waals surface area contributed by atoms with Gasteiger partial charge in [0.05, 0.1) is 11.6 Å². The Morgan fingerprint density at radius 3 is 2.83 bits per heavy atom. The summed E-state index contributed by atoms with van der Waals surface area (Å²) in [5.74, 6) is 2.33. The van der Waals surface area contributed by atoms with Gasteiger partial charge in [0.15, 0.2) is 0 Å². The quantitative estimate of drug-likeness (QED) is 0.892. The maximum atomic E-state index is 8.81. The summed E-state index contributed by atoms with van der Waals surface area (Å²) in [7, 11) is 1.78. The summed E-state index contributed by atoms with van der Waals surface area (Å²) in [5, 5.41) is 11.7. The second kappa shape index (κ2) is 5.15. The van der Waals surface area contributed by atoms with Gasteiger partial charge in [-0.1, -0.05) is 6.07 Å². The minimum atomic E-state index is 0.446. The lowest BCUT2D eigenvalue weighted by molar-refractivity contribution is 0.460. The molecular weight excluding hydrogens is 228 g/mol. The number of aryl methyl sites for hydroxylation is 1. The first-order valence-corrected chi connectivity index (χ1v) is 5.42. The van der Waals surface area contributed by atoms with Gasteiger partial charge >= 0.3 is 0 Å². The van der Waals surface area contributed by atoms with Crippen LogP contribution in [0.3, 0.4) is 0 Å². The summed E-state index contributed by atoms with van der Waals surface area (Å²) >= 11 is 0. The molecule has 1 N–H and O–H groups in total. The lowest BCUT2D eigenvalue weighted by atomic mass is 10.2. The highest BCUT2D eigenvalue weighted by Crippen LogP contribution is 2.22. The Morgan fingerprint density at radius 1 is 1.28 bits per heavy atom. The normalized spacial score (nSPS) is 9.61. The van der Waals surface area contributed by atoms with Gasteiger partial charge in [0.2, 0.25) is 5.88 Å². The molecule has 0 spiro atoms. The fourth-order valence-corrected chi connectivity index (χ4v) is 1.47. The van der Waals surface area contributed by atoms with Gasteiger partial charge in [-0.05, 0) is 25.1 Å². The topological polar surface area (TPSA) is 70.8 Å². The summed E-state index contributed by atoms with van der Waals surface area (Å²) < 4.78 is 5.60. The molecule has 0 radical (unpaired) electrons. The van der Waals surface area contributed by atoms with Crippen LogP contribution in [0.5, 0.6) is 11.6 Å². The molecule has 0 aliphatic heterocycles. The van der Waals surface area contributed by atoms with Crippen LogP contribution in [-0.2, 0) is 0 Å². The highest BCUT2D eigenvalue weighted by atomic mass is 16.5. The Morgan fingerprint density at radius 2 is 2.11 bits per heavy atom. The molecule has 0 bridgehead atoms. The summed E-state index contributed by atoms with van der Waals surface area (Å²) in [6.45, 7) is 1.79. The monoisotopic (exact) mass is 240 g/mol. The molecular formula is C13H12N4O.